The third-order valence-electron chi connectivity index (χ3n) is 9.45. The summed E-state index contributed by atoms with van der Waals surface area (Å²) in [4.78, 5) is 2.36. The van der Waals surface area contributed by atoms with Gasteiger partial charge in [0.1, 0.15) is 0 Å². The zero-order chi connectivity index (χ0) is 32.6. The van der Waals surface area contributed by atoms with E-state index < -0.39 is 7.75 Å². The minimum absolute atomic E-state index is 0.465. The Hall–Kier alpha value is 0.0700. The maximum atomic E-state index is 14.3. The Bertz CT molecular complexity index is 589. The molecule has 1 N–H and O–H groups in total. The Kier molecular flexibility index (Phi) is 33.0. The highest BCUT2D eigenvalue weighted by atomic mass is 31.2. The molecular weight excluding hydrogens is 563 g/mol. The maximum Gasteiger partial charge on any atom is 0.405 e. The van der Waals surface area contributed by atoms with Crippen molar-refractivity contribution in [2.24, 2.45) is 11.8 Å². The van der Waals surface area contributed by atoms with Gasteiger partial charge in [-0.1, -0.05) is 170 Å². The number of rotatable bonds is 36. The summed E-state index contributed by atoms with van der Waals surface area (Å²) in [5, 5.41) is 3.31. The molecule has 0 aliphatic carbocycles. The Morgan fingerprint density at radius 2 is 0.818 bits per heavy atom. The third kappa shape index (κ3) is 27.2. The summed E-state index contributed by atoms with van der Waals surface area (Å²) in [6.45, 7) is 18.1. The van der Waals surface area contributed by atoms with Crippen LogP contribution in [-0.2, 0) is 13.6 Å². The average molecular weight is 645 g/mol. The molecule has 0 amide bonds. The molecule has 0 aliphatic heterocycles. The first-order valence-electron chi connectivity index (χ1n) is 19.8. The molecule has 44 heavy (non-hydrogen) atoms. The van der Waals surface area contributed by atoms with E-state index in [9.17, 15) is 4.57 Å². The van der Waals surface area contributed by atoms with Crippen LogP contribution in [0.1, 0.15) is 196 Å². The molecule has 266 valence electrons. The minimum Gasteiger partial charge on any atom is -0.303 e. The summed E-state index contributed by atoms with van der Waals surface area (Å²) in [5.74, 6) is 0.931. The second kappa shape index (κ2) is 33.0. The zero-order valence-electron chi connectivity index (χ0n) is 31.0. The van der Waals surface area contributed by atoms with E-state index in [1.807, 2.05) is 0 Å². The topological polar surface area (TPSA) is 50.8 Å². The highest BCUT2D eigenvalue weighted by Crippen LogP contribution is 2.45. The van der Waals surface area contributed by atoms with Crippen molar-refractivity contribution in [3.05, 3.63) is 0 Å². The quantitative estimate of drug-likeness (QED) is 0.0543. The largest absolute Gasteiger partial charge is 0.405 e. The van der Waals surface area contributed by atoms with Crippen molar-refractivity contribution in [1.82, 2.24) is 9.99 Å². The number of likely N-dealkylation sites (N-methyl/N-ethyl adjacent to an activating group) is 1. The van der Waals surface area contributed by atoms with E-state index in [-0.39, 0.29) is 0 Å². The highest BCUT2D eigenvalue weighted by Gasteiger charge is 2.28. The van der Waals surface area contributed by atoms with E-state index in [1.54, 1.807) is 0 Å². The Balaban J connectivity index is 5.32. The van der Waals surface area contributed by atoms with Gasteiger partial charge in [-0.2, -0.15) is 0 Å². The van der Waals surface area contributed by atoms with Gasteiger partial charge in [0.25, 0.3) is 0 Å². The first kappa shape index (κ1) is 44.1. The predicted octanol–water partition coefficient (Wildman–Crippen LogP) is 12.7. The monoisotopic (exact) mass is 645 g/mol. The first-order valence-corrected chi connectivity index (χ1v) is 21.4. The molecule has 0 aromatic rings. The second-order valence-electron chi connectivity index (χ2n) is 13.6. The average Bonchev–Trinajstić information content (AvgIpc) is 3.03. The van der Waals surface area contributed by atoms with E-state index in [1.165, 1.54) is 154 Å². The van der Waals surface area contributed by atoms with Gasteiger partial charge < -0.3 is 4.90 Å². The number of unbranched alkanes of at least 4 members (excludes halogenated alkanes) is 16. The van der Waals surface area contributed by atoms with Crippen LogP contribution in [0.5, 0.6) is 0 Å². The molecule has 0 aliphatic rings. The molecule has 0 rings (SSSR count). The Morgan fingerprint density at radius 1 is 0.500 bits per heavy atom. The number of hydrogen-bond acceptors (Lipinski definition) is 4. The van der Waals surface area contributed by atoms with Gasteiger partial charge in [-0.3, -0.25) is 9.05 Å². The van der Waals surface area contributed by atoms with Crippen LogP contribution in [-0.4, -0.2) is 44.3 Å². The molecule has 5 nitrogen and oxygen atoms in total. The molecule has 0 aromatic heterocycles. The highest BCUT2D eigenvalue weighted by molar-refractivity contribution is 7.51. The molecule has 0 bridgehead atoms. The lowest BCUT2D eigenvalue weighted by atomic mass is 9.95. The van der Waals surface area contributed by atoms with Crippen LogP contribution in [0.15, 0.2) is 0 Å². The van der Waals surface area contributed by atoms with Crippen LogP contribution < -0.4 is 5.09 Å². The fourth-order valence-corrected chi connectivity index (χ4v) is 7.63. The van der Waals surface area contributed by atoms with E-state index in [0.29, 0.717) is 31.6 Å². The van der Waals surface area contributed by atoms with Gasteiger partial charge in [0.15, 0.2) is 0 Å². The lowest BCUT2D eigenvalue weighted by molar-refractivity contribution is 0.139. The lowest BCUT2D eigenvalue weighted by Crippen LogP contribution is -2.32. The summed E-state index contributed by atoms with van der Waals surface area (Å²) in [5.41, 5.74) is 0. The van der Waals surface area contributed by atoms with Gasteiger partial charge >= 0.3 is 7.75 Å². The normalized spacial score (nSPS) is 13.5. The third-order valence-corrected chi connectivity index (χ3v) is 11.0. The van der Waals surface area contributed by atoms with Gasteiger partial charge in [-0.05, 0) is 50.6 Å². The van der Waals surface area contributed by atoms with Crippen molar-refractivity contribution < 1.29 is 13.6 Å². The van der Waals surface area contributed by atoms with Gasteiger partial charge in [0.05, 0.1) is 13.2 Å². The van der Waals surface area contributed by atoms with Crippen molar-refractivity contribution in [2.75, 3.05) is 39.4 Å². The van der Waals surface area contributed by atoms with E-state index in [2.05, 4.69) is 51.5 Å². The van der Waals surface area contributed by atoms with Gasteiger partial charge in [-0.15, -0.1) is 0 Å². The molecule has 0 radical (unpaired) electrons. The Morgan fingerprint density at radius 3 is 1.16 bits per heavy atom. The van der Waals surface area contributed by atoms with E-state index >= 15 is 0 Å². The molecule has 0 spiro atoms. The second-order valence-corrected chi connectivity index (χ2v) is 15.4. The Labute approximate surface area is 277 Å². The number of nitrogens with zero attached hydrogens (tertiary/aromatic N) is 1. The SMILES string of the molecule is CCCCCCCCC(CCCCCCCC)COP(=O)(NCCN(CC)CC)OCC(CCCCCC)CCCCCC. The van der Waals surface area contributed by atoms with Gasteiger partial charge in [-0.25, -0.2) is 9.65 Å². The molecule has 0 aromatic carbocycles. The lowest BCUT2D eigenvalue weighted by Gasteiger charge is -2.26. The fourth-order valence-electron chi connectivity index (χ4n) is 6.19. The molecule has 0 saturated carbocycles. The van der Waals surface area contributed by atoms with E-state index in [0.717, 1.165) is 19.6 Å². The first-order chi connectivity index (χ1) is 21.5. The van der Waals surface area contributed by atoms with Crippen LogP contribution in [0.2, 0.25) is 0 Å². The van der Waals surface area contributed by atoms with Gasteiger partial charge in [0.2, 0.25) is 0 Å². The summed E-state index contributed by atoms with van der Waals surface area (Å²) >= 11 is 0. The van der Waals surface area contributed by atoms with Gasteiger partial charge in [0, 0.05) is 13.1 Å². The minimum atomic E-state index is -3.38. The van der Waals surface area contributed by atoms with Crippen LogP contribution in [0.3, 0.4) is 0 Å². The molecule has 1 unspecified atom stereocenters. The molecule has 6 heteroatoms. The van der Waals surface area contributed by atoms with E-state index in [4.69, 9.17) is 9.05 Å². The van der Waals surface area contributed by atoms with Crippen LogP contribution in [0.4, 0.5) is 0 Å². The summed E-state index contributed by atoms with van der Waals surface area (Å²) in [6, 6.07) is 0. The number of nitrogens with one attached hydrogen (secondary N) is 1. The smallest absolute Gasteiger partial charge is 0.303 e. The summed E-state index contributed by atoms with van der Waals surface area (Å²) in [7, 11) is -3.38. The molecule has 0 saturated heterocycles. The zero-order valence-corrected chi connectivity index (χ0v) is 31.9. The maximum absolute atomic E-state index is 14.3. The van der Waals surface area contributed by atoms with Crippen LogP contribution in [0.25, 0.3) is 0 Å². The van der Waals surface area contributed by atoms with Crippen LogP contribution >= 0.6 is 7.75 Å². The molecular formula is C38H81N2O3P. The summed E-state index contributed by atoms with van der Waals surface area (Å²) in [6.07, 6.45) is 30.7. The molecule has 1 atom stereocenters. The van der Waals surface area contributed by atoms with Crippen molar-refractivity contribution in [3.8, 4) is 0 Å². The fraction of sp³-hybridized carbons (Fsp3) is 1.00. The van der Waals surface area contributed by atoms with Crippen molar-refractivity contribution in [2.45, 2.75) is 196 Å². The molecule has 0 fully saturated rings. The van der Waals surface area contributed by atoms with Crippen molar-refractivity contribution in [3.63, 3.8) is 0 Å². The van der Waals surface area contributed by atoms with Crippen molar-refractivity contribution in [1.29, 1.82) is 0 Å². The molecule has 0 heterocycles. The van der Waals surface area contributed by atoms with Crippen molar-refractivity contribution >= 4 is 7.75 Å². The number of hydrogen-bond donors (Lipinski definition) is 1. The predicted molar refractivity (Wildman–Crippen MR) is 196 cm³/mol. The standard InChI is InChI=1S/C38H81N2O3P/c1-7-13-17-21-23-27-31-38(32-28-24-22-18-14-8-2)36-43-44(41,39-33-34-40(11-5)12-6)42-35-37(29-25-19-15-9-3)30-26-20-16-10-4/h37-38H,7-36H2,1-6H3,(H,39,41). The summed E-state index contributed by atoms with van der Waals surface area (Å²) < 4.78 is 27.0. The van der Waals surface area contributed by atoms with Crippen LogP contribution in [0, 0.1) is 11.8 Å².